The Bertz CT molecular complexity index is 71.5. The molecule has 1 nitrogen and oxygen atoms in total. The summed E-state index contributed by atoms with van der Waals surface area (Å²) in [4.78, 5) is 2.41. The van der Waals surface area contributed by atoms with E-state index in [0.29, 0.717) is 0 Å². The van der Waals surface area contributed by atoms with Gasteiger partial charge >= 0.3 is 0 Å². The molecule has 1 heteroatoms. The average Bonchev–Trinajstić information content (AvgIpc) is 2.07. The van der Waals surface area contributed by atoms with Crippen molar-refractivity contribution < 1.29 is 0 Å². The minimum atomic E-state index is 1.25. The van der Waals surface area contributed by atoms with Gasteiger partial charge in [0.05, 0.1) is 0 Å². The Kier molecular flexibility index (Phi) is 17.2. The molecular formula is C12H29N. The van der Waals surface area contributed by atoms with Crippen molar-refractivity contribution in [2.24, 2.45) is 0 Å². The van der Waals surface area contributed by atoms with Gasteiger partial charge in [0.1, 0.15) is 0 Å². The van der Waals surface area contributed by atoms with E-state index in [9.17, 15) is 0 Å². The smallest absolute Gasteiger partial charge is 0.00218 e. The first-order valence-electron chi connectivity index (χ1n) is 5.91. The van der Waals surface area contributed by atoms with Gasteiger partial charge in [0.15, 0.2) is 0 Å². The molecule has 0 aliphatic carbocycles. The van der Waals surface area contributed by atoms with Crippen LogP contribution in [0.5, 0.6) is 0 Å². The molecule has 0 aliphatic heterocycles. The minimum absolute atomic E-state index is 1.25. The quantitative estimate of drug-likeness (QED) is 0.569. The Morgan fingerprint density at radius 2 is 1.31 bits per heavy atom. The molecule has 0 aliphatic rings. The van der Waals surface area contributed by atoms with E-state index < -0.39 is 0 Å². The van der Waals surface area contributed by atoms with Crippen LogP contribution in [-0.2, 0) is 0 Å². The Morgan fingerprint density at radius 1 is 0.769 bits per heavy atom. The monoisotopic (exact) mass is 187 g/mol. The van der Waals surface area contributed by atoms with Crippen LogP contribution in [0.4, 0.5) is 0 Å². The van der Waals surface area contributed by atoms with Crippen molar-refractivity contribution in [2.45, 2.75) is 59.8 Å². The molecule has 0 radical (unpaired) electrons. The standard InChI is InChI=1S/C9H21N.C3H8/c1-4-6-7-9-10(3)8-5-2;1-3-2/h4-9H2,1-3H3;3H2,1-2H3. The van der Waals surface area contributed by atoms with Gasteiger partial charge in [-0.05, 0) is 33.0 Å². The highest BCUT2D eigenvalue weighted by Gasteiger charge is 1.93. The Hall–Kier alpha value is -0.0400. The lowest BCUT2D eigenvalue weighted by molar-refractivity contribution is 0.326. The summed E-state index contributed by atoms with van der Waals surface area (Å²) in [6, 6.07) is 0. The van der Waals surface area contributed by atoms with Crippen molar-refractivity contribution in [3.8, 4) is 0 Å². The fraction of sp³-hybridized carbons (Fsp3) is 1.00. The van der Waals surface area contributed by atoms with Crippen LogP contribution < -0.4 is 0 Å². The fourth-order valence-corrected chi connectivity index (χ4v) is 1.13. The summed E-state index contributed by atoms with van der Waals surface area (Å²) in [5.74, 6) is 0. The molecule has 0 aromatic heterocycles. The molecular weight excluding hydrogens is 158 g/mol. The highest BCUT2D eigenvalue weighted by atomic mass is 15.1. The maximum atomic E-state index is 2.41. The van der Waals surface area contributed by atoms with Crippen molar-refractivity contribution in [3.05, 3.63) is 0 Å². The first-order valence-corrected chi connectivity index (χ1v) is 5.91. The average molecular weight is 187 g/mol. The molecule has 0 N–H and O–H groups in total. The highest BCUT2D eigenvalue weighted by molar-refractivity contribution is 4.49. The number of hydrogen-bond acceptors (Lipinski definition) is 1. The second-order valence-electron chi connectivity index (χ2n) is 3.72. The topological polar surface area (TPSA) is 3.24 Å². The maximum absolute atomic E-state index is 2.41. The summed E-state index contributed by atoms with van der Waals surface area (Å²) >= 11 is 0. The summed E-state index contributed by atoms with van der Waals surface area (Å²) in [6.07, 6.45) is 6.61. The number of nitrogens with zero attached hydrogens (tertiary/aromatic N) is 1. The number of unbranched alkanes of at least 4 members (excludes halogenated alkanes) is 2. The van der Waals surface area contributed by atoms with E-state index in [-0.39, 0.29) is 0 Å². The molecule has 0 aromatic carbocycles. The van der Waals surface area contributed by atoms with E-state index in [1.165, 1.54) is 45.2 Å². The molecule has 13 heavy (non-hydrogen) atoms. The molecule has 0 heterocycles. The van der Waals surface area contributed by atoms with Gasteiger partial charge in [-0.25, -0.2) is 0 Å². The van der Waals surface area contributed by atoms with Gasteiger partial charge in [0.2, 0.25) is 0 Å². The van der Waals surface area contributed by atoms with Crippen molar-refractivity contribution in [1.29, 1.82) is 0 Å². The van der Waals surface area contributed by atoms with E-state index in [1.54, 1.807) is 0 Å². The first kappa shape index (κ1) is 15.4. The molecule has 0 fully saturated rings. The summed E-state index contributed by atoms with van der Waals surface area (Å²) < 4.78 is 0. The molecule has 0 saturated heterocycles. The summed E-state index contributed by atoms with van der Waals surface area (Å²) in [5, 5.41) is 0. The lowest BCUT2D eigenvalue weighted by Gasteiger charge is -2.14. The zero-order valence-corrected chi connectivity index (χ0v) is 10.4. The van der Waals surface area contributed by atoms with E-state index >= 15 is 0 Å². The minimum Gasteiger partial charge on any atom is -0.306 e. The molecule has 0 amide bonds. The van der Waals surface area contributed by atoms with Gasteiger partial charge < -0.3 is 4.90 Å². The molecule has 0 unspecified atom stereocenters. The lowest BCUT2D eigenvalue weighted by atomic mass is 10.2. The first-order chi connectivity index (χ1) is 6.22. The van der Waals surface area contributed by atoms with Crippen LogP contribution in [0, 0.1) is 0 Å². The van der Waals surface area contributed by atoms with Crippen LogP contribution in [0.2, 0.25) is 0 Å². The second-order valence-corrected chi connectivity index (χ2v) is 3.72. The van der Waals surface area contributed by atoms with Crippen LogP contribution in [0.15, 0.2) is 0 Å². The van der Waals surface area contributed by atoms with Crippen LogP contribution in [0.25, 0.3) is 0 Å². The highest BCUT2D eigenvalue weighted by Crippen LogP contribution is 1.96. The van der Waals surface area contributed by atoms with Gasteiger partial charge in [-0.1, -0.05) is 47.0 Å². The summed E-state index contributed by atoms with van der Waals surface area (Å²) in [6.45, 7) is 11.3. The molecule has 82 valence electrons. The maximum Gasteiger partial charge on any atom is -0.00218 e. The molecule has 0 spiro atoms. The third kappa shape index (κ3) is 18.7. The largest absolute Gasteiger partial charge is 0.306 e. The van der Waals surface area contributed by atoms with Crippen LogP contribution >= 0.6 is 0 Å². The number of hydrogen-bond donors (Lipinski definition) is 0. The summed E-state index contributed by atoms with van der Waals surface area (Å²) in [5.41, 5.74) is 0. The van der Waals surface area contributed by atoms with E-state index in [2.05, 4.69) is 39.6 Å². The third-order valence-corrected chi connectivity index (χ3v) is 1.75. The van der Waals surface area contributed by atoms with Gasteiger partial charge in [-0.2, -0.15) is 0 Å². The number of rotatable bonds is 6. The van der Waals surface area contributed by atoms with Crippen molar-refractivity contribution in [1.82, 2.24) is 4.90 Å². The van der Waals surface area contributed by atoms with Crippen LogP contribution in [0.3, 0.4) is 0 Å². The van der Waals surface area contributed by atoms with Crippen LogP contribution in [0.1, 0.15) is 59.8 Å². The van der Waals surface area contributed by atoms with Gasteiger partial charge in [0.25, 0.3) is 0 Å². The Morgan fingerprint density at radius 3 is 1.69 bits per heavy atom. The van der Waals surface area contributed by atoms with Crippen molar-refractivity contribution in [2.75, 3.05) is 20.1 Å². The third-order valence-electron chi connectivity index (χ3n) is 1.75. The predicted molar refractivity (Wildman–Crippen MR) is 63.3 cm³/mol. The van der Waals surface area contributed by atoms with Gasteiger partial charge in [-0.15, -0.1) is 0 Å². The molecule has 0 aromatic rings. The van der Waals surface area contributed by atoms with Crippen LogP contribution in [-0.4, -0.2) is 25.0 Å². The lowest BCUT2D eigenvalue weighted by Crippen LogP contribution is -2.20. The zero-order chi connectivity index (χ0) is 10.5. The fourth-order valence-electron chi connectivity index (χ4n) is 1.13. The van der Waals surface area contributed by atoms with Crippen molar-refractivity contribution in [3.63, 3.8) is 0 Å². The zero-order valence-electron chi connectivity index (χ0n) is 10.4. The summed E-state index contributed by atoms with van der Waals surface area (Å²) in [7, 11) is 2.21. The SMILES string of the molecule is CCC.CCCCCN(C)CCC. The van der Waals surface area contributed by atoms with Gasteiger partial charge in [0, 0.05) is 0 Å². The normalized spacial score (nSPS) is 9.69. The molecule has 0 atom stereocenters. The molecule has 0 saturated carbocycles. The van der Waals surface area contributed by atoms with E-state index in [1.807, 2.05) is 0 Å². The van der Waals surface area contributed by atoms with E-state index in [4.69, 9.17) is 0 Å². The molecule has 0 bridgehead atoms. The Labute approximate surface area is 85.5 Å². The van der Waals surface area contributed by atoms with Gasteiger partial charge in [-0.3, -0.25) is 0 Å². The Balaban J connectivity index is 0. The van der Waals surface area contributed by atoms with Crippen molar-refractivity contribution >= 4 is 0 Å². The predicted octanol–water partition coefficient (Wildman–Crippen LogP) is 3.93. The molecule has 0 rings (SSSR count). The second kappa shape index (κ2) is 14.5. The van der Waals surface area contributed by atoms with E-state index in [0.717, 1.165) is 0 Å².